The minimum atomic E-state index is 0. The number of amides is 1. The molecule has 112 valence electrons. The second-order valence-electron chi connectivity index (χ2n) is 4.98. The van der Waals surface area contributed by atoms with E-state index in [0.717, 1.165) is 26.1 Å². The Kier molecular flexibility index (Phi) is 7.10. The van der Waals surface area contributed by atoms with Gasteiger partial charge in [-0.2, -0.15) is 0 Å². The summed E-state index contributed by atoms with van der Waals surface area (Å²) < 4.78 is 0. The Hall–Kier alpha value is -0.480. The quantitative estimate of drug-likeness (QED) is 0.915. The van der Waals surface area contributed by atoms with Crippen LogP contribution in [-0.2, 0) is 0 Å². The van der Waals surface area contributed by atoms with Crippen molar-refractivity contribution in [1.29, 1.82) is 0 Å². The van der Waals surface area contributed by atoms with E-state index < -0.39 is 0 Å². The molecular formula is C14H19Cl3N2O. The van der Waals surface area contributed by atoms with Gasteiger partial charge in [-0.05, 0) is 50.6 Å². The number of halogens is 3. The molecule has 0 radical (unpaired) electrons. The third-order valence-corrected chi connectivity index (χ3v) is 3.84. The number of rotatable bonds is 3. The lowest BCUT2D eigenvalue weighted by molar-refractivity contribution is 0.0674. The second kappa shape index (κ2) is 8.08. The molecule has 1 unspecified atom stereocenters. The second-order valence-corrected chi connectivity index (χ2v) is 5.85. The molecule has 1 aromatic carbocycles. The molecule has 3 nitrogen and oxygen atoms in total. The summed E-state index contributed by atoms with van der Waals surface area (Å²) >= 11 is 11.9. The predicted octanol–water partition coefficient (Wildman–Crippen LogP) is 3.49. The number of hydrogen-bond donors (Lipinski definition) is 1. The summed E-state index contributed by atoms with van der Waals surface area (Å²) in [6.07, 6.45) is 2.22. The van der Waals surface area contributed by atoms with Crippen molar-refractivity contribution >= 4 is 41.5 Å². The van der Waals surface area contributed by atoms with Gasteiger partial charge in [-0.3, -0.25) is 4.79 Å². The van der Waals surface area contributed by atoms with Gasteiger partial charge in [0.2, 0.25) is 0 Å². The SMILES string of the molecule is CNCC1CCCN(C(=O)c2cc(Cl)cc(Cl)c2)C1.Cl. The maximum Gasteiger partial charge on any atom is 0.253 e. The lowest BCUT2D eigenvalue weighted by Crippen LogP contribution is -2.42. The summed E-state index contributed by atoms with van der Waals surface area (Å²) in [6.45, 7) is 2.55. The molecule has 0 bridgehead atoms. The topological polar surface area (TPSA) is 32.3 Å². The van der Waals surface area contributed by atoms with Gasteiger partial charge in [-0.25, -0.2) is 0 Å². The summed E-state index contributed by atoms with van der Waals surface area (Å²) in [4.78, 5) is 14.3. The molecule has 1 aliphatic heterocycles. The zero-order valence-electron chi connectivity index (χ0n) is 11.4. The highest BCUT2D eigenvalue weighted by atomic mass is 35.5. The Labute approximate surface area is 136 Å². The average Bonchev–Trinajstić information content (AvgIpc) is 2.37. The third-order valence-electron chi connectivity index (χ3n) is 3.41. The first-order valence-corrected chi connectivity index (χ1v) is 7.25. The molecule has 1 aliphatic rings. The fourth-order valence-electron chi connectivity index (χ4n) is 2.56. The van der Waals surface area contributed by atoms with E-state index in [9.17, 15) is 4.79 Å². The molecular weight excluding hydrogens is 319 g/mol. The van der Waals surface area contributed by atoms with Crippen LogP contribution in [0.15, 0.2) is 18.2 Å². The molecule has 1 heterocycles. The van der Waals surface area contributed by atoms with Gasteiger partial charge in [-0.1, -0.05) is 23.2 Å². The number of carbonyl (C=O) groups excluding carboxylic acids is 1. The van der Waals surface area contributed by atoms with Crippen molar-refractivity contribution in [1.82, 2.24) is 10.2 Å². The van der Waals surface area contributed by atoms with E-state index >= 15 is 0 Å². The van der Waals surface area contributed by atoms with Crippen molar-refractivity contribution in [3.8, 4) is 0 Å². The van der Waals surface area contributed by atoms with E-state index in [0.29, 0.717) is 21.5 Å². The van der Waals surface area contributed by atoms with Gasteiger partial charge in [0.05, 0.1) is 0 Å². The van der Waals surface area contributed by atoms with Crippen LogP contribution in [-0.4, -0.2) is 37.5 Å². The first-order valence-electron chi connectivity index (χ1n) is 6.50. The number of nitrogens with one attached hydrogen (secondary N) is 1. The number of carbonyl (C=O) groups is 1. The summed E-state index contributed by atoms with van der Waals surface area (Å²) in [7, 11) is 1.94. The Morgan fingerprint density at radius 3 is 2.60 bits per heavy atom. The van der Waals surface area contributed by atoms with E-state index in [2.05, 4.69) is 5.32 Å². The lowest BCUT2D eigenvalue weighted by Gasteiger charge is -2.32. The number of nitrogens with zero attached hydrogens (tertiary/aromatic N) is 1. The zero-order chi connectivity index (χ0) is 13.8. The average molecular weight is 338 g/mol. The van der Waals surface area contributed by atoms with Crippen LogP contribution < -0.4 is 5.32 Å². The molecule has 2 rings (SSSR count). The highest BCUT2D eigenvalue weighted by Gasteiger charge is 2.24. The van der Waals surface area contributed by atoms with Crippen molar-refractivity contribution in [2.75, 3.05) is 26.7 Å². The molecule has 0 spiro atoms. The van der Waals surface area contributed by atoms with E-state index in [1.165, 1.54) is 6.42 Å². The Bertz CT molecular complexity index is 445. The van der Waals surface area contributed by atoms with Crippen LogP contribution in [0, 0.1) is 5.92 Å². The van der Waals surface area contributed by atoms with Crippen LogP contribution in [0.3, 0.4) is 0 Å². The van der Waals surface area contributed by atoms with E-state index in [-0.39, 0.29) is 18.3 Å². The minimum Gasteiger partial charge on any atom is -0.338 e. The Balaban J connectivity index is 0.00000200. The van der Waals surface area contributed by atoms with Gasteiger partial charge in [0.25, 0.3) is 5.91 Å². The number of benzene rings is 1. The molecule has 1 saturated heterocycles. The van der Waals surface area contributed by atoms with E-state index in [4.69, 9.17) is 23.2 Å². The molecule has 0 saturated carbocycles. The van der Waals surface area contributed by atoms with Crippen molar-refractivity contribution < 1.29 is 4.79 Å². The summed E-state index contributed by atoms with van der Waals surface area (Å²) in [5.74, 6) is 0.544. The number of hydrogen-bond acceptors (Lipinski definition) is 2. The van der Waals surface area contributed by atoms with E-state index in [1.54, 1.807) is 18.2 Å². The Morgan fingerprint density at radius 1 is 1.35 bits per heavy atom. The standard InChI is InChI=1S/C14H18Cl2N2O.ClH/c1-17-8-10-3-2-4-18(9-10)14(19)11-5-12(15)7-13(16)6-11;/h5-7,10,17H,2-4,8-9H2,1H3;1H. The predicted molar refractivity (Wildman–Crippen MR) is 86.3 cm³/mol. The van der Waals surface area contributed by atoms with Crippen LogP contribution in [0.2, 0.25) is 10.0 Å². The maximum atomic E-state index is 12.4. The van der Waals surface area contributed by atoms with Gasteiger partial charge in [0.15, 0.2) is 0 Å². The van der Waals surface area contributed by atoms with Gasteiger partial charge in [0.1, 0.15) is 0 Å². The molecule has 0 aromatic heterocycles. The lowest BCUT2D eigenvalue weighted by atomic mass is 9.97. The molecule has 1 fully saturated rings. The summed E-state index contributed by atoms with van der Waals surface area (Å²) in [5.41, 5.74) is 0.572. The summed E-state index contributed by atoms with van der Waals surface area (Å²) in [5, 5.41) is 4.17. The van der Waals surface area contributed by atoms with Crippen LogP contribution >= 0.6 is 35.6 Å². The number of piperidine rings is 1. The smallest absolute Gasteiger partial charge is 0.253 e. The van der Waals surface area contributed by atoms with Crippen LogP contribution in [0.25, 0.3) is 0 Å². The van der Waals surface area contributed by atoms with Crippen LogP contribution in [0.4, 0.5) is 0 Å². The molecule has 0 aliphatic carbocycles. The Morgan fingerprint density at radius 2 is 2.00 bits per heavy atom. The summed E-state index contributed by atoms with van der Waals surface area (Å²) in [6, 6.07) is 4.99. The largest absolute Gasteiger partial charge is 0.338 e. The molecule has 1 aromatic rings. The zero-order valence-corrected chi connectivity index (χ0v) is 13.7. The van der Waals surface area contributed by atoms with E-state index in [1.807, 2.05) is 11.9 Å². The van der Waals surface area contributed by atoms with Gasteiger partial charge in [0, 0.05) is 28.7 Å². The van der Waals surface area contributed by atoms with Crippen LogP contribution in [0.5, 0.6) is 0 Å². The van der Waals surface area contributed by atoms with Gasteiger partial charge >= 0.3 is 0 Å². The van der Waals surface area contributed by atoms with Gasteiger partial charge < -0.3 is 10.2 Å². The van der Waals surface area contributed by atoms with Crippen molar-refractivity contribution in [3.63, 3.8) is 0 Å². The fourth-order valence-corrected chi connectivity index (χ4v) is 3.09. The maximum absolute atomic E-state index is 12.4. The minimum absolute atomic E-state index is 0. The molecule has 1 N–H and O–H groups in total. The molecule has 20 heavy (non-hydrogen) atoms. The molecule has 1 atom stereocenters. The van der Waals surface area contributed by atoms with Gasteiger partial charge in [-0.15, -0.1) is 12.4 Å². The first kappa shape index (κ1) is 17.6. The number of likely N-dealkylation sites (tertiary alicyclic amines) is 1. The van der Waals surface area contributed by atoms with Crippen molar-refractivity contribution in [2.45, 2.75) is 12.8 Å². The highest BCUT2D eigenvalue weighted by molar-refractivity contribution is 6.35. The van der Waals surface area contributed by atoms with Crippen molar-refractivity contribution in [3.05, 3.63) is 33.8 Å². The fraction of sp³-hybridized carbons (Fsp3) is 0.500. The first-order chi connectivity index (χ1) is 9.10. The third kappa shape index (κ3) is 4.52. The highest BCUT2D eigenvalue weighted by Crippen LogP contribution is 2.22. The van der Waals surface area contributed by atoms with Crippen molar-refractivity contribution in [2.24, 2.45) is 5.92 Å². The monoisotopic (exact) mass is 336 g/mol. The van der Waals surface area contributed by atoms with Crippen LogP contribution in [0.1, 0.15) is 23.2 Å². The molecule has 1 amide bonds. The normalized spacial score (nSPS) is 18.6. The molecule has 6 heteroatoms.